The van der Waals surface area contributed by atoms with E-state index in [1.807, 2.05) is 6.20 Å². The highest BCUT2D eigenvalue weighted by Gasteiger charge is 2.25. The zero-order valence-corrected chi connectivity index (χ0v) is 10.1. The maximum Gasteiger partial charge on any atom is 0.303 e. The van der Waals surface area contributed by atoms with E-state index in [0.717, 1.165) is 25.0 Å². The number of aromatic nitrogens is 1. The Hall–Kier alpha value is -1.97. The number of rotatable bonds is 3. The summed E-state index contributed by atoms with van der Waals surface area (Å²) in [6.07, 6.45) is 3.18. The molecule has 0 amide bonds. The number of aliphatic carboxylic acids is 1. The SMILES string of the molecule is O=C(O)CC1CCN(c2cccc3cc[nH]c23)C1. The fourth-order valence-corrected chi connectivity index (χ4v) is 2.80. The summed E-state index contributed by atoms with van der Waals surface area (Å²) in [7, 11) is 0. The minimum Gasteiger partial charge on any atom is -0.481 e. The number of benzene rings is 1. The summed E-state index contributed by atoms with van der Waals surface area (Å²) in [6, 6.07) is 8.29. The third kappa shape index (κ3) is 1.94. The van der Waals surface area contributed by atoms with E-state index in [1.54, 1.807) is 0 Å². The summed E-state index contributed by atoms with van der Waals surface area (Å²) >= 11 is 0. The number of carboxylic acids is 1. The highest BCUT2D eigenvalue weighted by atomic mass is 16.4. The Morgan fingerprint density at radius 1 is 1.44 bits per heavy atom. The molecule has 1 saturated heterocycles. The van der Waals surface area contributed by atoms with Crippen molar-refractivity contribution in [1.82, 2.24) is 4.98 Å². The van der Waals surface area contributed by atoms with E-state index in [0.29, 0.717) is 0 Å². The summed E-state index contributed by atoms with van der Waals surface area (Å²) in [4.78, 5) is 16.3. The molecule has 2 aromatic rings. The number of carbonyl (C=O) groups is 1. The number of fused-ring (bicyclic) bond motifs is 1. The average molecular weight is 244 g/mol. The van der Waals surface area contributed by atoms with Crippen molar-refractivity contribution in [2.24, 2.45) is 5.92 Å². The minimum atomic E-state index is -0.695. The van der Waals surface area contributed by atoms with Gasteiger partial charge in [0.15, 0.2) is 0 Å². The average Bonchev–Trinajstić information content (AvgIpc) is 2.95. The molecule has 0 spiro atoms. The molecule has 0 bridgehead atoms. The van der Waals surface area contributed by atoms with Gasteiger partial charge >= 0.3 is 5.97 Å². The maximum atomic E-state index is 10.7. The van der Waals surface area contributed by atoms with Crippen molar-refractivity contribution < 1.29 is 9.90 Å². The van der Waals surface area contributed by atoms with Crippen LogP contribution in [0.15, 0.2) is 30.5 Å². The molecule has 0 aliphatic carbocycles. The van der Waals surface area contributed by atoms with E-state index in [9.17, 15) is 4.79 Å². The molecule has 1 aromatic carbocycles. The van der Waals surface area contributed by atoms with Gasteiger partial charge in [-0.15, -0.1) is 0 Å². The molecule has 2 N–H and O–H groups in total. The lowest BCUT2D eigenvalue weighted by molar-refractivity contribution is -0.137. The van der Waals surface area contributed by atoms with Gasteiger partial charge in [-0.2, -0.15) is 0 Å². The summed E-state index contributed by atoms with van der Waals surface area (Å²) < 4.78 is 0. The largest absolute Gasteiger partial charge is 0.481 e. The molecule has 1 aliphatic heterocycles. The second-order valence-corrected chi connectivity index (χ2v) is 4.92. The molecule has 1 unspecified atom stereocenters. The van der Waals surface area contributed by atoms with Gasteiger partial charge in [-0.05, 0) is 24.5 Å². The zero-order chi connectivity index (χ0) is 12.5. The van der Waals surface area contributed by atoms with E-state index in [4.69, 9.17) is 5.11 Å². The molecular formula is C14H16N2O2. The first-order chi connectivity index (χ1) is 8.74. The first-order valence-corrected chi connectivity index (χ1v) is 6.27. The van der Waals surface area contributed by atoms with Gasteiger partial charge in [0.05, 0.1) is 11.2 Å². The zero-order valence-electron chi connectivity index (χ0n) is 10.1. The van der Waals surface area contributed by atoms with Crippen LogP contribution >= 0.6 is 0 Å². The van der Waals surface area contributed by atoms with E-state index >= 15 is 0 Å². The molecule has 4 nitrogen and oxygen atoms in total. The number of anilines is 1. The van der Waals surface area contributed by atoms with Crippen molar-refractivity contribution in [3.05, 3.63) is 30.5 Å². The monoisotopic (exact) mass is 244 g/mol. The lowest BCUT2D eigenvalue weighted by Crippen LogP contribution is -2.20. The van der Waals surface area contributed by atoms with E-state index < -0.39 is 5.97 Å². The van der Waals surface area contributed by atoms with Crippen LogP contribution in [0, 0.1) is 5.92 Å². The van der Waals surface area contributed by atoms with Crippen molar-refractivity contribution in [1.29, 1.82) is 0 Å². The number of hydrogen-bond acceptors (Lipinski definition) is 2. The van der Waals surface area contributed by atoms with Crippen molar-refractivity contribution in [2.45, 2.75) is 12.8 Å². The van der Waals surface area contributed by atoms with E-state index in [2.05, 4.69) is 34.1 Å². The van der Waals surface area contributed by atoms with Crippen LogP contribution in [0.4, 0.5) is 5.69 Å². The minimum absolute atomic E-state index is 0.271. The van der Waals surface area contributed by atoms with Gasteiger partial charge < -0.3 is 15.0 Å². The second kappa shape index (κ2) is 4.37. The van der Waals surface area contributed by atoms with Gasteiger partial charge in [0.2, 0.25) is 0 Å². The Kier molecular flexibility index (Phi) is 2.70. The van der Waals surface area contributed by atoms with Crippen LogP contribution in [0.5, 0.6) is 0 Å². The first-order valence-electron chi connectivity index (χ1n) is 6.27. The van der Waals surface area contributed by atoms with Crippen LogP contribution in [-0.4, -0.2) is 29.1 Å². The Morgan fingerprint density at radius 3 is 3.17 bits per heavy atom. The molecule has 1 aliphatic rings. The smallest absolute Gasteiger partial charge is 0.303 e. The predicted molar refractivity (Wildman–Crippen MR) is 70.9 cm³/mol. The van der Waals surface area contributed by atoms with Crippen LogP contribution < -0.4 is 4.90 Å². The fourth-order valence-electron chi connectivity index (χ4n) is 2.80. The molecule has 0 radical (unpaired) electrons. The van der Waals surface area contributed by atoms with Crippen LogP contribution in [0.2, 0.25) is 0 Å². The quantitative estimate of drug-likeness (QED) is 0.872. The van der Waals surface area contributed by atoms with Gasteiger partial charge in [0, 0.05) is 31.1 Å². The summed E-state index contributed by atoms with van der Waals surface area (Å²) in [5.74, 6) is -0.423. The lowest BCUT2D eigenvalue weighted by atomic mass is 10.1. The molecule has 2 heterocycles. The number of aromatic amines is 1. The standard InChI is InChI=1S/C14H16N2O2/c17-13(18)8-10-5-7-16(9-10)12-3-1-2-11-4-6-15-14(11)12/h1-4,6,10,15H,5,7-9H2,(H,17,18). The van der Waals surface area contributed by atoms with Crippen LogP contribution in [0.3, 0.4) is 0 Å². The third-order valence-corrected chi connectivity index (χ3v) is 3.66. The summed E-state index contributed by atoms with van der Waals surface area (Å²) in [5.41, 5.74) is 2.33. The highest BCUT2D eigenvalue weighted by Crippen LogP contribution is 2.30. The normalized spacial score (nSPS) is 19.6. The summed E-state index contributed by atoms with van der Waals surface area (Å²) in [5, 5.41) is 10.0. The highest BCUT2D eigenvalue weighted by molar-refractivity contribution is 5.91. The Bertz CT molecular complexity index is 576. The number of hydrogen-bond donors (Lipinski definition) is 2. The van der Waals surface area contributed by atoms with Gasteiger partial charge in [-0.3, -0.25) is 4.79 Å². The molecule has 18 heavy (non-hydrogen) atoms. The van der Waals surface area contributed by atoms with Crippen molar-refractivity contribution in [3.63, 3.8) is 0 Å². The topological polar surface area (TPSA) is 56.3 Å². The van der Waals surface area contributed by atoms with E-state index in [-0.39, 0.29) is 12.3 Å². The lowest BCUT2D eigenvalue weighted by Gasteiger charge is -2.19. The van der Waals surface area contributed by atoms with Crippen LogP contribution in [-0.2, 0) is 4.79 Å². The van der Waals surface area contributed by atoms with Crippen molar-refractivity contribution >= 4 is 22.6 Å². The predicted octanol–water partition coefficient (Wildman–Crippen LogP) is 2.47. The summed E-state index contributed by atoms with van der Waals surface area (Å²) in [6.45, 7) is 1.78. The second-order valence-electron chi connectivity index (χ2n) is 4.92. The first kappa shape index (κ1) is 11.1. The molecule has 1 fully saturated rings. The fraction of sp³-hybridized carbons (Fsp3) is 0.357. The third-order valence-electron chi connectivity index (χ3n) is 3.66. The Labute approximate surface area is 105 Å². The molecule has 3 rings (SSSR count). The Balaban J connectivity index is 1.84. The molecule has 4 heteroatoms. The van der Waals surface area contributed by atoms with Gasteiger partial charge in [0.25, 0.3) is 0 Å². The van der Waals surface area contributed by atoms with Crippen LogP contribution in [0.25, 0.3) is 10.9 Å². The van der Waals surface area contributed by atoms with Gasteiger partial charge in [-0.1, -0.05) is 12.1 Å². The van der Waals surface area contributed by atoms with Crippen molar-refractivity contribution in [3.8, 4) is 0 Å². The number of nitrogens with one attached hydrogen (secondary N) is 1. The number of para-hydroxylation sites is 1. The molecular weight excluding hydrogens is 228 g/mol. The number of carboxylic acid groups (broad SMARTS) is 1. The van der Waals surface area contributed by atoms with Gasteiger partial charge in [0.1, 0.15) is 0 Å². The molecule has 1 atom stereocenters. The number of nitrogens with zero attached hydrogens (tertiary/aromatic N) is 1. The maximum absolute atomic E-state index is 10.7. The Morgan fingerprint density at radius 2 is 2.33 bits per heavy atom. The number of H-pyrrole nitrogens is 1. The van der Waals surface area contributed by atoms with Gasteiger partial charge in [-0.25, -0.2) is 0 Å². The van der Waals surface area contributed by atoms with E-state index in [1.165, 1.54) is 11.1 Å². The van der Waals surface area contributed by atoms with Crippen molar-refractivity contribution in [2.75, 3.05) is 18.0 Å². The molecule has 0 saturated carbocycles. The molecule has 1 aromatic heterocycles. The van der Waals surface area contributed by atoms with Crippen LogP contribution in [0.1, 0.15) is 12.8 Å². The molecule has 94 valence electrons.